The third-order valence-corrected chi connectivity index (χ3v) is 4.54. The van der Waals surface area contributed by atoms with E-state index < -0.39 is 0 Å². The molecule has 0 heterocycles. The molecule has 0 aliphatic carbocycles. The lowest BCUT2D eigenvalue weighted by atomic mass is 10.1. The number of methoxy groups -OCH3 is 1. The maximum absolute atomic E-state index is 12.2. The second-order valence-electron chi connectivity index (χ2n) is 5.73. The van der Waals surface area contributed by atoms with Gasteiger partial charge in [0.25, 0.3) is 0 Å². The SMILES string of the molecule is COc1ccc(CCC(C)NC(=O)Cc2c(Cl)cccc2Cl)cc1. The minimum Gasteiger partial charge on any atom is -0.497 e. The lowest BCUT2D eigenvalue weighted by Crippen LogP contribution is -2.34. The van der Waals surface area contributed by atoms with E-state index in [9.17, 15) is 4.79 Å². The van der Waals surface area contributed by atoms with E-state index in [0.29, 0.717) is 15.6 Å². The van der Waals surface area contributed by atoms with Crippen LogP contribution in [0.5, 0.6) is 5.75 Å². The number of amides is 1. The van der Waals surface area contributed by atoms with Crippen LogP contribution in [0.1, 0.15) is 24.5 Å². The smallest absolute Gasteiger partial charge is 0.224 e. The molecule has 5 heteroatoms. The molecule has 0 saturated carbocycles. The highest BCUT2D eigenvalue weighted by molar-refractivity contribution is 6.36. The van der Waals surface area contributed by atoms with Crippen molar-refractivity contribution in [2.75, 3.05) is 7.11 Å². The zero-order chi connectivity index (χ0) is 17.5. The van der Waals surface area contributed by atoms with Gasteiger partial charge in [-0.05, 0) is 55.2 Å². The van der Waals surface area contributed by atoms with Crippen LogP contribution in [0.2, 0.25) is 10.0 Å². The van der Waals surface area contributed by atoms with Crippen LogP contribution in [0.25, 0.3) is 0 Å². The Morgan fingerprint density at radius 2 is 1.75 bits per heavy atom. The molecule has 2 rings (SSSR count). The zero-order valence-electron chi connectivity index (χ0n) is 13.8. The van der Waals surface area contributed by atoms with E-state index in [-0.39, 0.29) is 18.4 Å². The van der Waals surface area contributed by atoms with Crippen LogP contribution in [0.4, 0.5) is 0 Å². The van der Waals surface area contributed by atoms with E-state index in [1.165, 1.54) is 5.56 Å². The van der Waals surface area contributed by atoms with Crippen LogP contribution in [-0.2, 0) is 17.6 Å². The van der Waals surface area contributed by atoms with Crippen molar-refractivity contribution in [3.8, 4) is 5.75 Å². The van der Waals surface area contributed by atoms with Gasteiger partial charge in [-0.2, -0.15) is 0 Å². The van der Waals surface area contributed by atoms with Gasteiger partial charge in [-0.1, -0.05) is 41.4 Å². The number of ether oxygens (including phenoxy) is 1. The van der Waals surface area contributed by atoms with E-state index >= 15 is 0 Å². The van der Waals surface area contributed by atoms with Crippen molar-refractivity contribution in [1.82, 2.24) is 5.32 Å². The van der Waals surface area contributed by atoms with Gasteiger partial charge in [0.15, 0.2) is 0 Å². The van der Waals surface area contributed by atoms with Gasteiger partial charge in [0.1, 0.15) is 5.75 Å². The Balaban J connectivity index is 1.83. The molecule has 128 valence electrons. The molecule has 1 amide bonds. The number of carbonyl (C=O) groups excluding carboxylic acids is 1. The first-order valence-electron chi connectivity index (χ1n) is 7.84. The highest BCUT2D eigenvalue weighted by Crippen LogP contribution is 2.24. The van der Waals surface area contributed by atoms with E-state index in [2.05, 4.69) is 5.32 Å². The van der Waals surface area contributed by atoms with Gasteiger partial charge in [0.05, 0.1) is 13.5 Å². The fourth-order valence-corrected chi connectivity index (χ4v) is 2.97. The van der Waals surface area contributed by atoms with Gasteiger partial charge >= 0.3 is 0 Å². The molecule has 24 heavy (non-hydrogen) atoms. The minimum atomic E-state index is -0.0766. The Bertz CT molecular complexity index is 666. The zero-order valence-corrected chi connectivity index (χ0v) is 15.3. The van der Waals surface area contributed by atoms with E-state index in [1.54, 1.807) is 25.3 Å². The van der Waals surface area contributed by atoms with E-state index in [1.807, 2.05) is 31.2 Å². The van der Waals surface area contributed by atoms with Crippen molar-refractivity contribution in [2.24, 2.45) is 0 Å². The molecule has 0 aromatic heterocycles. The molecular formula is C19H21Cl2NO2. The lowest BCUT2D eigenvalue weighted by molar-refractivity contribution is -0.121. The Kier molecular flexibility index (Phi) is 6.95. The standard InChI is InChI=1S/C19H21Cl2NO2/c1-13(6-7-14-8-10-15(24-2)11-9-14)22-19(23)12-16-17(20)4-3-5-18(16)21/h3-5,8-11,13H,6-7,12H2,1-2H3,(H,22,23). The highest BCUT2D eigenvalue weighted by atomic mass is 35.5. The maximum Gasteiger partial charge on any atom is 0.224 e. The topological polar surface area (TPSA) is 38.3 Å². The summed E-state index contributed by atoms with van der Waals surface area (Å²) in [5.41, 5.74) is 1.88. The molecule has 0 bridgehead atoms. The summed E-state index contributed by atoms with van der Waals surface area (Å²) in [6.45, 7) is 2.00. The first kappa shape index (κ1) is 18.6. The number of nitrogens with one attached hydrogen (secondary N) is 1. The van der Waals surface area contributed by atoms with Crippen LogP contribution in [0, 0.1) is 0 Å². The fraction of sp³-hybridized carbons (Fsp3) is 0.316. The molecule has 3 nitrogen and oxygen atoms in total. The summed E-state index contributed by atoms with van der Waals surface area (Å²) in [5, 5.41) is 4.03. The van der Waals surface area contributed by atoms with Crippen molar-refractivity contribution in [2.45, 2.75) is 32.2 Å². The predicted molar refractivity (Wildman–Crippen MR) is 99.1 cm³/mol. The van der Waals surface area contributed by atoms with Crippen LogP contribution in [-0.4, -0.2) is 19.1 Å². The first-order valence-corrected chi connectivity index (χ1v) is 8.60. The molecule has 0 saturated heterocycles. The summed E-state index contributed by atoms with van der Waals surface area (Å²) in [7, 11) is 1.65. The van der Waals surface area contributed by atoms with Crippen LogP contribution in [0.15, 0.2) is 42.5 Å². The Morgan fingerprint density at radius 1 is 1.12 bits per heavy atom. The number of rotatable bonds is 7. The fourth-order valence-electron chi connectivity index (χ4n) is 2.44. The molecule has 0 aliphatic rings. The van der Waals surface area contributed by atoms with E-state index in [0.717, 1.165) is 18.6 Å². The summed E-state index contributed by atoms with van der Waals surface area (Å²) >= 11 is 12.2. The highest BCUT2D eigenvalue weighted by Gasteiger charge is 2.13. The number of aryl methyl sites for hydroxylation is 1. The Hall–Kier alpha value is -1.71. The third-order valence-electron chi connectivity index (χ3n) is 3.83. The summed E-state index contributed by atoms with van der Waals surface area (Å²) in [6, 6.07) is 13.3. The Labute approximate surface area is 152 Å². The molecule has 0 radical (unpaired) electrons. The van der Waals surface area contributed by atoms with E-state index in [4.69, 9.17) is 27.9 Å². The normalized spacial score (nSPS) is 11.8. The van der Waals surface area contributed by atoms with Gasteiger partial charge < -0.3 is 10.1 Å². The number of benzene rings is 2. The van der Waals surface area contributed by atoms with Gasteiger partial charge in [-0.3, -0.25) is 4.79 Å². The molecule has 0 spiro atoms. The Morgan fingerprint density at radius 3 is 2.33 bits per heavy atom. The second kappa shape index (κ2) is 8.95. The van der Waals surface area contributed by atoms with Gasteiger partial charge in [-0.25, -0.2) is 0 Å². The third kappa shape index (κ3) is 5.43. The minimum absolute atomic E-state index is 0.0702. The number of hydrogen-bond acceptors (Lipinski definition) is 2. The number of halogens is 2. The second-order valence-corrected chi connectivity index (χ2v) is 6.55. The summed E-state index contributed by atoms with van der Waals surface area (Å²) in [6.07, 6.45) is 1.93. The van der Waals surface area contributed by atoms with Crippen molar-refractivity contribution in [1.29, 1.82) is 0 Å². The summed E-state index contributed by atoms with van der Waals surface area (Å²) < 4.78 is 5.14. The molecule has 1 unspecified atom stereocenters. The van der Waals surface area contributed by atoms with Crippen LogP contribution in [0.3, 0.4) is 0 Å². The molecule has 0 fully saturated rings. The average molecular weight is 366 g/mol. The first-order chi connectivity index (χ1) is 11.5. The molecular weight excluding hydrogens is 345 g/mol. The molecule has 1 N–H and O–H groups in total. The molecule has 1 atom stereocenters. The molecule has 2 aromatic rings. The van der Waals surface area contributed by atoms with Crippen molar-refractivity contribution in [3.63, 3.8) is 0 Å². The quantitative estimate of drug-likeness (QED) is 0.773. The summed E-state index contributed by atoms with van der Waals surface area (Å²) in [5.74, 6) is 0.768. The average Bonchev–Trinajstić information content (AvgIpc) is 2.57. The van der Waals surface area contributed by atoms with Crippen LogP contribution < -0.4 is 10.1 Å². The largest absolute Gasteiger partial charge is 0.497 e. The van der Waals surface area contributed by atoms with Crippen molar-refractivity contribution < 1.29 is 9.53 Å². The monoisotopic (exact) mass is 365 g/mol. The van der Waals surface area contributed by atoms with Gasteiger partial charge in [0.2, 0.25) is 5.91 Å². The molecule has 0 aliphatic heterocycles. The molecule has 2 aromatic carbocycles. The van der Waals surface area contributed by atoms with Crippen LogP contribution >= 0.6 is 23.2 Å². The maximum atomic E-state index is 12.2. The van der Waals surface area contributed by atoms with Crippen molar-refractivity contribution in [3.05, 3.63) is 63.6 Å². The summed E-state index contributed by atoms with van der Waals surface area (Å²) in [4.78, 5) is 12.2. The number of hydrogen-bond donors (Lipinski definition) is 1. The van der Waals surface area contributed by atoms with Gasteiger partial charge in [-0.15, -0.1) is 0 Å². The van der Waals surface area contributed by atoms with Gasteiger partial charge in [0, 0.05) is 16.1 Å². The lowest BCUT2D eigenvalue weighted by Gasteiger charge is -2.15. The van der Waals surface area contributed by atoms with Crippen molar-refractivity contribution >= 4 is 29.1 Å². The predicted octanol–water partition coefficient (Wildman–Crippen LogP) is 4.68. The number of carbonyl (C=O) groups is 1.